The number of allylic oxidation sites excluding steroid dienone is 5. The van der Waals surface area contributed by atoms with E-state index in [-0.39, 0.29) is 26.4 Å². The van der Waals surface area contributed by atoms with E-state index in [0.29, 0.717) is 0 Å². The Bertz CT molecular complexity index is 1040. The minimum absolute atomic E-state index is 0.0483. The smallest absolute Gasteiger partial charge is 0.337 e. The van der Waals surface area contributed by atoms with Crippen molar-refractivity contribution < 1.29 is 56.8 Å². The van der Waals surface area contributed by atoms with Crippen LogP contribution in [0, 0.1) is 0 Å². The Morgan fingerprint density at radius 3 is 2.16 bits per heavy atom. The lowest BCUT2D eigenvalue weighted by Crippen LogP contribution is -2.65. The van der Waals surface area contributed by atoms with E-state index in [1.165, 1.54) is 18.3 Å². The normalized spacial score (nSPS) is 26.0. The molecule has 1 amide bonds. The molecule has 0 aromatic rings. The maximum absolute atomic E-state index is 13.0. The zero-order chi connectivity index (χ0) is 32.6. The molecule has 43 heavy (non-hydrogen) atoms. The number of amides is 1. The maximum Gasteiger partial charge on any atom is 0.337 e. The fourth-order valence-corrected chi connectivity index (χ4v) is 7.44. The lowest BCUT2D eigenvalue weighted by molar-refractivity contribution is -0.253. The number of hydrogen-bond acceptors (Lipinski definition) is 12. The highest BCUT2D eigenvalue weighted by molar-refractivity contribution is 7.66. The average Bonchev–Trinajstić information content (AvgIpc) is 2.89. The van der Waals surface area contributed by atoms with Crippen LogP contribution in [0.3, 0.4) is 0 Å². The number of aliphatic hydroxyl groups is 3. The summed E-state index contributed by atoms with van der Waals surface area (Å²) in [6, 6.07) is -1.23. The molecule has 15 heteroatoms. The Balaban J connectivity index is 2.63. The monoisotopic (exact) mass is 655 g/mol. The quantitative estimate of drug-likeness (QED) is 0.0851. The third kappa shape index (κ3) is 16.6. The summed E-state index contributed by atoms with van der Waals surface area (Å²) in [5.41, 5.74) is 3.65. The van der Waals surface area contributed by atoms with E-state index in [9.17, 15) is 29.2 Å². The van der Waals surface area contributed by atoms with Gasteiger partial charge in [0.2, 0.25) is 5.91 Å². The van der Waals surface area contributed by atoms with Gasteiger partial charge in [-0.1, -0.05) is 34.9 Å². The summed E-state index contributed by atoms with van der Waals surface area (Å²) in [7, 11) is -6.58. The molecule has 0 aromatic heterocycles. The van der Waals surface area contributed by atoms with Crippen LogP contribution in [0.4, 0.5) is 0 Å². The molecule has 0 saturated carbocycles. The molecule has 1 heterocycles. The van der Waals surface area contributed by atoms with Crippen molar-refractivity contribution in [1.29, 1.82) is 0 Å². The van der Waals surface area contributed by atoms with Gasteiger partial charge in [-0.3, -0.25) is 18.4 Å². The fourth-order valence-electron chi connectivity index (χ4n) is 4.04. The van der Waals surface area contributed by atoms with Crippen LogP contribution in [0.15, 0.2) is 34.9 Å². The number of carbonyl (C=O) groups is 1. The summed E-state index contributed by atoms with van der Waals surface area (Å²) in [6.45, 7) is 9.71. The second-order valence-corrected chi connectivity index (χ2v) is 15.0. The molecule has 250 valence electrons. The fraction of sp³-hybridized carbons (Fsp3) is 0.750. The van der Waals surface area contributed by atoms with Gasteiger partial charge in [-0.2, -0.15) is 0 Å². The summed E-state index contributed by atoms with van der Waals surface area (Å²) in [5, 5.41) is 33.3. The van der Waals surface area contributed by atoms with Gasteiger partial charge in [0, 0.05) is 20.4 Å². The van der Waals surface area contributed by atoms with Gasteiger partial charge >= 0.3 is 15.2 Å². The SMILES string of the molecule is COCCOCC(=O)N[C@@H]1C(CO)O[C@H](O[P@](C)(=O)O[P@](C)(=O)OC/C=C(/C)CC/C=C(\C)CCC=C(C)C)C(O)[C@H]1O. The minimum Gasteiger partial charge on any atom is -0.394 e. The van der Waals surface area contributed by atoms with Crippen LogP contribution in [-0.2, 0) is 41.5 Å². The van der Waals surface area contributed by atoms with E-state index in [1.807, 2.05) is 6.92 Å². The number of nitrogens with one attached hydrogen (secondary N) is 1. The van der Waals surface area contributed by atoms with Crippen molar-refractivity contribution in [2.75, 3.05) is 53.5 Å². The van der Waals surface area contributed by atoms with E-state index in [4.69, 9.17) is 27.6 Å². The molecule has 1 saturated heterocycles. The van der Waals surface area contributed by atoms with Crippen molar-refractivity contribution in [3.05, 3.63) is 34.9 Å². The zero-order valence-corrected chi connectivity index (χ0v) is 28.2. The molecule has 0 aromatic carbocycles. The highest BCUT2D eigenvalue weighted by atomic mass is 31.3. The standard InChI is InChI=1S/C28H51NO12P2/c1-20(2)10-8-11-21(3)12-9-13-22(4)14-15-38-42(6,34)41-43(7,35)40-28-27(33)26(32)25(23(18-30)39-28)29-24(31)19-37-17-16-36-5/h10,12,14,23,25-28,30,32-33H,8-9,11,13,15-19H2,1-7H3,(H,29,31)/b21-12+,22-14-/t23?,25-,26+,27?,28-,42-,43+/m1/s1. The Morgan fingerprint density at radius 2 is 1.56 bits per heavy atom. The Labute approximate surface area is 255 Å². The largest absolute Gasteiger partial charge is 0.394 e. The molecule has 1 aliphatic rings. The van der Waals surface area contributed by atoms with Gasteiger partial charge in [0.1, 0.15) is 24.9 Å². The molecule has 2 unspecified atom stereocenters. The van der Waals surface area contributed by atoms with Gasteiger partial charge in [-0.25, -0.2) is 4.31 Å². The summed E-state index contributed by atoms with van der Waals surface area (Å²) >= 11 is 0. The number of hydrogen-bond donors (Lipinski definition) is 4. The van der Waals surface area contributed by atoms with Crippen molar-refractivity contribution in [3.63, 3.8) is 0 Å². The number of carbonyl (C=O) groups excluding carboxylic acids is 1. The topological polar surface area (TPSA) is 179 Å². The van der Waals surface area contributed by atoms with E-state index in [2.05, 4.69) is 38.2 Å². The van der Waals surface area contributed by atoms with Crippen LogP contribution in [-0.4, -0.2) is 105 Å². The predicted molar refractivity (Wildman–Crippen MR) is 163 cm³/mol. The molecular weight excluding hydrogens is 604 g/mol. The predicted octanol–water partition coefficient (Wildman–Crippen LogP) is 3.69. The molecule has 0 aliphatic carbocycles. The number of aliphatic hydroxyl groups excluding tert-OH is 3. The number of ether oxygens (including phenoxy) is 3. The van der Waals surface area contributed by atoms with Crippen molar-refractivity contribution in [1.82, 2.24) is 5.32 Å². The van der Waals surface area contributed by atoms with Gasteiger partial charge in [-0.05, 0) is 53.4 Å². The van der Waals surface area contributed by atoms with Gasteiger partial charge < -0.3 is 39.4 Å². The van der Waals surface area contributed by atoms with Crippen LogP contribution in [0.2, 0.25) is 0 Å². The third-order valence-corrected chi connectivity index (χ3v) is 9.92. The van der Waals surface area contributed by atoms with Gasteiger partial charge in [0.25, 0.3) is 0 Å². The molecule has 0 radical (unpaired) electrons. The van der Waals surface area contributed by atoms with Crippen LogP contribution in [0.25, 0.3) is 0 Å². The van der Waals surface area contributed by atoms with Crippen LogP contribution >= 0.6 is 15.2 Å². The van der Waals surface area contributed by atoms with Crippen molar-refractivity contribution in [2.45, 2.75) is 84.0 Å². The first kappa shape index (κ1) is 39.8. The van der Waals surface area contributed by atoms with Gasteiger partial charge in [0.05, 0.1) is 32.5 Å². The molecule has 13 nitrogen and oxygen atoms in total. The first-order chi connectivity index (χ1) is 20.1. The lowest BCUT2D eigenvalue weighted by atomic mass is 9.96. The second-order valence-electron chi connectivity index (χ2n) is 10.8. The highest BCUT2D eigenvalue weighted by Gasteiger charge is 2.48. The van der Waals surface area contributed by atoms with Crippen molar-refractivity contribution in [3.8, 4) is 0 Å². The molecule has 0 bridgehead atoms. The Kier molecular flexibility index (Phi) is 18.5. The van der Waals surface area contributed by atoms with Crippen LogP contribution < -0.4 is 5.32 Å². The van der Waals surface area contributed by atoms with Crippen LogP contribution in [0.1, 0.15) is 53.4 Å². The van der Waals surface area contributed by atoms with E-state index in [1.54, 1.807) is 6.08 Å². The summed E-state index contributed by atoms with van der Waals surface area (Å²) in [4.78, 5) is 12.2. The summed E-state index contributed by atoms with van der Waals surface area (Å²) < 4.78 is 57.1. The average molecular weight is 656 g/mol. The first-order valence-electron chi connectivity index (χ1n) is 14.2. The van der Waals surface area contributed by atoms with Crippen molar-refractivity contribution >= 4 is 21.1 Å². The molecule has 1 rings (SSSR count). The number of methoxy groups -OCH3 is 1. The lowest BCUT2D eigenvalue weighted by Gasteiger charge is -2.42. The van der Waals surface area contributed by atoms with E-state index >= 15 is 0 Å². The summed E-state index contributed by atoms with van der Waals surface area (Å²) in [6.07, 6.45) is 3.42. The highest BCUT2D eigenvalue weighted by Crippen LogP contribution is 2.62. The first-order valence-corrected chi connectivity index (χ1v) is 18.2. The summed E-state index contributed by atoms with van der Waals surface area (Å²) in [5.74, 6) is -0.631. The minimum atomic E-state index is -4.18. The molecule has 7 atom stereocenters. The zero-order valence-electron chi connectivity index (χ0n) is 26.4. The van der Waals surface area contributed by atoms with Gasteiger partial charge in [0.15, 0.2) is 6.29 Å². The number of rotatable bonds is 20. The van der Waals surface area contributed by atoms with Crippen LogP contribution in [0.5, 0.6) is 0 Å². The van der Waals surface area contributed by atoms with E-state index in [0.717, 1.165) is 44.6 Å². The molecule has 4 N–H and O–H groups in total. The molecule has 0 spiro atoms. The second kappa shape index (κ2) is 20.0. The molecular formula is C28H51NO12P2. The Morgan fingerprint density at radius 1 is 0.930 bits per heavy atom. The van der Waals surface area contributed by atoms with Crippen molar-refractivity contribution in [2.24, 2.45) is 0 Å². The third-order valence-electron chi connectivity index (χ3n) is 6.33. The van der Waals surface area contributed by atoms with E-state index < -0.39 is 58.3 Å². The van der Waals surface area contributed by atoms with Gasteiger partial charge in [-0.15, -0.1) is 0 Å². The maximum atomic E-state index is 13.0. The Hall–Kier alpha value is -1.21. The molecule has 1 fully saturated rings. The molecule has 1 aliphatic heterocycles.